The van der Waals surface area contributed by atoms with Crippen molar-refractivity contribution in [2.45, 2.75) is 19.3 Å². The molecule has 3 aromatic rings. The fourth-order valence-electron chi connectivity index (χ4n) is 3.35. The minimum Gasteiger partial charge on any atom is -0.478 e. The Bertz CT molecular complexity index is 1030. The van der Waals surface area contributed by atoms with Crippen molar-refractivity contribution in [2.75, 3.05) is 18.0 Å². The molecule has 0 radical (unpaired) electrons. The zero-order valence-electron chi connectivity index (χ0n) is 14.1. The zero-order chi connectivity index (χ0) is 18.1. The van der Waals surface area contributed by atoms with Crippen molar-refractivity contribution in [3.8, 4) is 16.6 Å². The van der Waals surface area contributed by atoms with Gasteiger partial charge in [0.1, 0.15) is 11.1 Å². The van der Waals surface area contributed by atoms with Gasteiger partial charge in [-0.1, -0.05) is 0 Å². The topological polar surface area (TPSA) is 77.2 Å². The number of benzene rings is 2. The lowest BCUT2D eigenvalue weighted by molar-refractivity contribution is 0.0697. The first-order chi connectivity index (χ1) is 12.7. The number of nitrogens with zero attached hydrogens (tertiary/aromatic N) is 3. The monoisotopic (exact) mass is 363 g/mol. The summed E-state index contributed by atoms with van der Waals surface area (Å²) in [5.74, 6) is -0.945. The van der Waals surface area contributed by atoms with E-state index in [1.165, 1.54) is 17.8 Å². The second-order valence-electron chi connectivity index (χ2n) is 6.40. The lowest BCUT2D eigenvalue weighted by Gasteiger charge is -2.29. The maximum absolute atomic E-state index is 11.1. The molecule has 0 spiro atoms. The standard InChI is InChI=1S/C20H17N3O2S/c21-12-15-10-13(5-7-17(15)23-8-2-1-3-9-23)19-22-16-6-4-14(20(24)25)11-18(16)26-19/h4-7,10-11H,1-3,8-9H2,(H,24,25). The van der Waals surface area contributed by atoms with E-state index in [9.17, 15) is 10.1 Å². The van der Waals surface area contributed by atoms with Crippen LogP contribution >= 0.6 is 11.3 Å². The Morgan fingerprint density at radius 2 is 1.96 bits per heavy atom. The second-order valence-corrected chi connectivity index (χ2v) is 7.43. The molecule has 2 aromatic carbocycles. The number of fused-ring (bicyclic) bond motifs is 1. The van der Waals surface area contributed by atoms with Crippen LogP contribution in [0.25, 0.3) is 20.8 Å². The van der Waals surface area contributed by atoms with Gasteiger partial charge >= 0.3 is 5.97 Å². The number of rotatable bonds is 3. The van der Waals surface area contributed by atoms with E-state index in [1.807, 2.05) is 18.2 Å². The van der Waals surface area contributed by atoms with Crippen molar-refractivity contribution < 1.29 is 9.90 Å². The van der Waals surface area contributed by atoms with Crippen LogP contribution in [0.5, 0.6) is 0 Å². The summed E-state index contributed by atoms with van der Waals surface area (Å²) in [6, 6.07) is 13.2. The number of aromatic nitrogens is 1. The molecule has 5 nitrogen and oxygen atoms in total. The summed E-state index contributed by atoms with van der Waals surface area (Å²) in [6.07, 6.45) is 3.58. The zero-order valence-corrected chi connectivity index (χ0v) is 14.9. The quantitative estimate of drug-likeness (QED) is 0.740. The molecule has 0 aliphatic carbocycles. The van der Waals surface area contributed by atoms with Crippen LogP contribution in [0.15, 0.2) is 36.4 Å². The Labute approximate surface area is 155 Å². The number of thiazole rings is 1. The highest BCUT2D eigenvalue weighted by molar-refractivity contribution is 7.21. The third kappa shape index (κ3) is 3.02. The highest BCUT2D eigenvalue weighted by Gasteiger charge is 2.16. The number of hydrogen-bond donors (Lipinski definition) is 1. The van der Waals surface area contributed by atoms with E-state index in [2.05, 4.69) is 16.0 Å². The van der Waals surface area contributed by atoms with Gasteiger partial charge in [0.05, 0.1) is 27.0 Å². The van der Waals surface area contributed by atoms with Crippen molar-refractivity contribution in [3.05, 3.63) is 47.5 Å². The fraction of sp³-hybridized carbons (Fsp3) is 0.250. The maximum atomic E-state index is 11.1. The summed E-state index contributed by atoms with van der Waals surface area (Å²) < 4.78 is 0.832. The van der Waals surface area contributed by atoms with E-state index in [0.717, 1.165) is 52.4 Å². The minimum atomic E-state index is -0.945. The first kappa shape index (κ1) is 16.6. The molecule has 0 saturated carbocycles. The van der Waals surface area contributed by atoms with E-state index < -0.39 is 5.97 Å². The number of piperidine rings is 1. The molecule has 26 heavy (non-hydrogen) atoms. The summed E-state index contributed by atoms with van der Waals surface area (Å²) in [5, 5.41) is 19.5. The molecule has 1 aliphatic rings. The van der Waals surface area contributed by atoms with Gasteiger partial charge in [0.2, 0.25) is 0 Å². The first-order valence-electron chi connectivity index (χ1n) is 8.59. The predicted molar refractivity (Wildman–Crippen MR) is 103 cm³/mol. The normalized spacial score (nSPS) is 14.3. The molecule has 1 aromatic heterocycles. The van der Waals surface area contributed by atoms with E-state index in [4.69, 9.17) is 5.11 Å². The van der Waals surface area contributed by atoms with Crippen LogP contribution in [0.3, 0.4) is 0 Å². The SMILES string of the molecule is N#Cc1cc(-c2nc3ccc(C(=O)O)cc3s2)ccc1N1CCCCC1. The molecule has 0 unspecified atom stereocenters. The predicted octanol–water partition coefficient (Wildman–Crippen LogP) is 4.52. The van der Waals surface area contributed by atoms with Crippen molar-refractivity contribution in [2.24, 2.45) is 0 Å². The molecular formula is C20H17N3O2S. The summed E-state index contributed by atoms with van der Waals surface area (Å²) in [7, 11) is 0. The van der Waals surface area contributed by atoms with Gasteiger partial charge in [0, 0.05) is 18.7 Å². The third-order valence-electron chi connectivity index (χ3n) is 4.70. The van der Waals surface area contributed by atoms with Gasteiger partial charge in [-0.05, 0) is 55.7 Å². The Balaban J connectivity index is 1.72. The van der Waals surface area contributed by atoms with Crippen LogP contribution in [0.2, 0.25) is 0 Å². The fourth-order valence-corrected chi connectivity index (χ4v) is 4.35. The molecule has 0 atom stereocenters. The Hall–Kier alpha value is -2.91. The number of aromatic carboxylic acids is 1. The van der Waals surface area contributed by atoms with Crippen LogP contribution in [0.1, 0.15) is 35.2 Å². The molecule has 1 aliphatic heterocycles. The summed E-state index contributed by atoms with van der Waals surface area (Å²) in [6.45, 7) is 1.99. The molecule has 1 N–H and O–H groups in total. The van der Waals surface area contributed by atoms with Gasteiger partial charge in [-0.25, -0.2) is 9.78 Å². The minimum absolute atomic E-state index is 0.255. The Kier molecular flexibility index (Phi) is 4.31. The Morgan fingerprint density at radius 1 is 1.15 bits per heavy atom. The van der Waals surface area contributed by atoms with Gasteiger partial charge in [-0.2, -0.15) is 5.26 Å². The molecule has 1 fully saturated rings. The number of nitriles is 1. The molecule has 130 valence electrons. The van der Waals surface area contributed by atoms with Crippen molar-refractivity contribution in [3.63, 3.8) is 0 Å². The Morgan fingerprint density at radius 3 is 2.69 bits per heavy atom. The summed E-state index contributed by atoms with van der Waals surface area (Å²) in [5.41, 5.74) is 3.57. The van der Waals surface area contributed by atoms with E-state index in [-0.39, 0.29) is 5.56 Å². The highest BCUT2D eigenvalue weighted by Crippen LogP contribution is 2.34. The van der Waals surface area contributed by atoms with Gasteiger partial charge in [0.15, 0.2) is 0 Å². The number of carbonyl (C=O) groups is 1. The average Bonchev–Trinajstić information content (AvgIpc) is 3.11. The van der Waals surface area contributed by atoms with Crippen molar-refractivity contribution in [1.29, 1.82) is 5.26 Å². The second kappa shape index (κ2) is 6.77. The third-order valence-corrected chi connectivity index (χ3v) is 5.76. The number of carboxylic acids is 1. The molecule has 6 heteroatoms. The van der Waals surface area contributed by atoms with Crippen molar-refractivity contribution in [1.82, 2.24) is 4.98 Å². The smallest absolute Gasteiger partial charge is 0.335 e. The van der Waals surface area contributed by atoms with E-state index in [0.29, 0.717) is 5.56 Å². The number of anilines is 1. The first-order valence-corrected chi connectivity index (χ1v) is 9.41. The lowest BCUT2D eigenvalue weighted by atomic mass is 10.1. The number of carboxylic acid groups (broad SMARTS) is 1. The van der Waals surface area contributed by atoms with Crippen LogP contribution in [-0.4, -0.2) is 29.1 Å². The largest absolute Gasteiger partial charge is 0.478 e. The average molecular weight is 363 g/mol. The maximum Gasteiger partial charge on any atom is 0.335 e. The molecule has 0 bridgehead atoms. The van der Waals surface area contributed by atoms with E-state index in [1.54, 1.807) is 18.2 Å². The van der Waals surface area contributed by atoms with Gasteiger partial charge in [-0.15, -0.1) is 11.3 Å². The lowest BCUT2D eigenvalue weighted by Crippen LogP contribution is -2.29. The molecule has 4 rings (SSSR count). The number of hydrogen-bond acceptors (Lipinski definition) is 5. The van der Waals surface area contributed by atoms with Gasteiger partial charge in [0.25, 0.3) is 0 Å². The molecule has 1 saturated heterocycles. The summed E-state index contributed by atoms with van der Waals surface area (Å²) in [4.78, 5) is 18.0. The molecule has 2 heterocycles. The van der Waals surface area contributed by atoms with Crippen LogP contribution in [0.4, 0.5) is 5.69 Å². The van der Waals surface area contributed by atoms with Gasteiger partial charge < -0.3 is 10.0 Å². The van der Waals surface area contributed by atoms with Crippen LogP contribution < -0.4 is 4.90 Å². The highest BCUT2D eigenvalue weighted by atomic mass is 32.1. The molecular weight excluding hydrogens is 346 g/mol. The van der Waals surface area contributed by atoms with Crippen LogP contribution in [0, 0.1) is 11.3 Å². The van der Waals surface area contributed by atoms with Gasteiger partial charge in [-0.3, -0.25) is 0 Å². The van der Waals surface area contributed by atoms with Crippen LogP contribution in [-0.2, 0) is 0 Å². The summed E-state index contributed by atoms with van der Waals surface area (Å²) >= 11 is 1.45. The van der Waals surface area contributed by atoms with E-state index >= 15 is 0 Å². The molecule has 0 amide bonds. The van der Waals surface area contributed by atoms with Crippen molar-refractivity contribution >= 4 is 33.2 Å².